The van der Waals surface area contributed by atoms with Crippen LogP contribution < -0.4 is 0 Å². The zero-order valence-corrected chi connectivity index (χ0v) is 13.1. The van der Waals surface area contributed by atoms with Gasteiger partial charge >= 0.3 is 0 Å². The summed E-state index contributed by atoms with van der Waals surface area (Å²) >= 11 is 12.4. The molecule has 1 atom stereocenters. The molecule has 19 heavy (non-hydrogen) atoms. The molecule has 106 valence electrons. The van der Waals surface area contributed by atoms with Crippen LogP contribution in [0, 0.1) is 11.3 Å². The maximum Gasteiger partial charge on any atom is 0.294 e. The first kappa shape index (κ1) is 15.1. The molecule has 1 aliphatic rings. The molecule has 2 rings (SSSR count). The van der Waals surface area contributed by atoms with Crippen LogP contribution in [0.1, 0.15) is 25.8 Å². The number of hydrogen-bond donors (Lipinski definition) is 1. The summed E-state index contributed by atoms with van der Waals surface area (Å²) in [7, 11) is -4.18. The molecule has 1 saturated carbocycles. The van der Waals surface area contributed by atoms with Gasteiger partial charge in [-0.2, -0.15) is 8.42 Å². The predicted octanol–water partition coefficient (Wildman–Crippen LogP) is 3.70. The van der Waals surface area contributed by atoms with Crippen molar-refractivity contribution in [1.82, 2.24) is 0 Å². The zero-order chi connectivity index (χ0) is 14.5. The van der Waals surface area contributed by atoms with Crippen LogP contribution in [0.2, 0.25) is 0 Å². The second kappa shape index (κ2) is 4.62. The Bertz CT molecular complexity index is 580. The van der Waals surface area contributed by atoms with Crippen molar-refractivity contribution < 1.29 is 13.0 Å². The minimum Gasteiger partial charge on any atom is -0.282 e. The van der Waals surface area contributed by atoms with E-state index in [-0.39, 0.29) is 16.2 Å². The first-order valence-electron chi connectivity index (χ1n) is 6.01. The number of halogens is 2. The Kier molecular flexibility index (Phi) is 3.67. The van der Waals surface area contributed by atoms with Crippen LogP contribution >= 0.6 is 23.2 Å². The van der Waals surface area contributed by atoms with E-state index in [1.165, 1.54) is 6.07 Å². The van der Waals surface area contributed by atoms with Crippen LogP contribution in [0.4, 0.5) is 0 Å². The van der Waals surface area contributed by atoms with Crippen molar-refractivity contribution in [3.63, 3.8) is 0 Å². The third kappa shape index (κ3) is 2.64. The summed E-state index contributed by atoms with van der Waals surface area (Å²) in [5, 5.41) is 0. The molecule has 1 fully saturated rings. The van der Waals surface area contributed by atoms with Crippen LogP contribution in [-0.4, -0.2) is 17.3 Å². The van der Waals surface area contributed by atoms with Crippen molar-refractivity contribution in [2.45, 2.75) is 35.9 Å². The zero-order valence-electron chi connectivity index (χ0n) is 10.7. The molecular weight excluding hydrogens is 307 g/mol. The summed E-state index contributed by atoms with van der Waals surface area (Å²) in [4.78, 5) is -0.0387. The highest BCUT2D eigenvalue weighted by atomic mass is 35.5. The van der Waals surface area contributed by atoms with Crippen molar-refractivity contribution >= 4 is 33.3 Å². The van der Waals surface area contributed by atoms with Crippen LogP contribution in [0.5, 0.6) is 0 Å². The molecular formula is C13H16Cl2O3S. The van der Waals surface area contributed by atoms with Crippen molar-refractivity contribution in [3.8, 4) is 0 Å². The average molecular weight is 323 g/mol. The summed E-state index contributed by atoms with van der Waals surface area (Å²) < 4.78 is 31.0. The number of benzene rings is 1. The molecule has 1 unspecified atom stereocenters. The summed E-state index contributed by atoms with van der Waals surface area (Å²) in [5.41, 5.74) is 0.431. The van der Waals surface area contributed by atoms with E-state index in [0.29, 0.717) is 18.4 Å². The Morgan fingerprint density at radius 1 is 1.26 bits per heavy atom. The first-order chi connectivity index (χ1) is 8.58. The molecule has 1 aromatic rings. The highest BCUT2D eigenvalue weighted by Gasteiger charge is 2.69. The van der Waals surface area contributed by atoms with Gasteiger partial charge in [-0.25, -0.2) is 0 Å². The van der Waals surface area contributed by atoms with Crippen LogP contribution in [0.25, 0.3) is 0 Å². The fourth-order valence-corrected chi connectivity index (χ4v) is 4.23. The highest BCUT2D eigenvalue weighted by molar-refractivity contribution is 7.85. The highest BCUT2D eigenvalue weighted by Crippen LogP contribution is 2.70. The van der Waals surface area contributed by atoms with Gasteiger partial charge in [-0.05, 0) is 24.5 Å². The summed E-state index contributed by atoms with van der Waals surface area (Å²) in [6.45, 7) is 3.98. The van der Waals surface area contributed by atoms with Crippen LogP contribution in [-0.2, 0) is 16.5 Å². The molecule has 1 aromatic carbocycles. The molecule has 0 aromatic heterocycles. The molecule has 0 aliphatic heterocycles. The summed E-state index contributed by atoms with van der Waals surface area (Å²) in [6.07, 6.45) is 1.21. The van der Waals surface area contributed by atoms with E-state index in [1.54, 1.807) is 18.2 Å². The standard InChI is InChI=1S/C13H16Cl2O3S/c1-12(2)11(13(12,14)15)8-7-9-5-3-4-6-10(9)19(16,17)18/h3-6,11H,7-8H2,1-2H3,(H,16,17,18). The molecule has 6 heteroatoms. The Morgan fingerprint density at radius 3 is 2.26 bits per heavy atom. The van der Waals surface area contributed by atoms with Crippen LogP contribution in [0.3, 0.4) is 0 Å². The molecule has 0 radical (unpaired) electrons. The minimum atomic E-state index is -4.18. The fraction of sp³-hybridized carbons (Fsp3) is 0.538. The number of hydrogen-bond acceptors (Lipinski definition) is 2. The second-order valence-corrected chi connectivity index (χ2v) is 8.29. The van der Waals surface area contributed by atoms with Gasteiger partial charge in [0.05, 0.1) is 4.90 Å². The van der Waals surface area contributed by atoms with Gasteiger partial charge in [-0.3, -0.25) is 4.55 Å². The van der Waals surface area contributed by atoms with Gasteiger partial charge < -0.3 is 0 Å². The topological polar surface area (TPSA) is 54.4 Å². The van der Waals surface area contributed by atoms with Gasteiger partial charge in [-0.1, -0.05) is 32.0 Å². The predicted molar refractivity (Wildman–Crippen MR) is 76.3 cm³/mol. The third-order valence-electron chi connectivity index (χ3n) is 4.04. The largest absolute Gasteiger partial charge is 0.294 e. The lowest BCUT2D eigenvalue weighted by molar-refractivity contribution is 0.481. The summed E-state index contributed by atoms with van der Waals surface area (Å²) in [5.74, 6) is 0.123. The van der Waals surface area contributed by atoms with Crippen molar-refractivity contribution in [2.24, 2.45) is 11.3 Å². The second-order valence-electron chi connectivity index (χ2n) is 5.52. The van der Waals surface area contributed by atoms with Gasteiger partial charge in [0.2, 0.25) is 0 Å². The Hall–Kier alpha value is -0.290. The van der Waals surface area contributed by atoms with Gasteiger partial charge in [0.25, 0.3) is 10.1 Å². The minimum absolute atomic E-state index is 0.0387. The van der Waals surface area contributed by atoms with Crippen molar-refractivity contribution in [2.75, 3.05) is 0 Å². The van der Waals surface area contributed by atoms with Gasteiger partial charge in [0.1, 0.15) is 4.33 Å². The molecule has 1 aliphatic carbocycles. The lowest BCUT2D eigenvalue weighted by Crippen LogP contribution is -2.04. The first-order valence-corrected chi connectivity index (χ1v) is 8.21. The van der Waals surface area contributed by atoms with Crippen molar-refractivity contribution in [3.05, 3.63) is 29.8 Å². The number of rotatable bonds is 4. The Morgan fingerprint density at radius 2 is 1.79 bits per heavy atom. The molecule has 0 bridgehead atoms. The van der Waals surface area contributed by atoms with Crippen LogP contribution in [0.15, 0.2) is 29.2 Å². The van der Waals surface area contributed by atoms with Gasteiger partial charge in [-0.15, -0.1) is 23.2 Å². The summed E-state index contributed by atoms with van der Waals surface area (Å²) in [6, 6.07) is 6.43. The number of aryl methyl sites for hydroxylation is 1. The molecule has 0 heterocycles. The van der Waals surface area contributed by atoms with Gasteiger partial charge in [0.15, 0.2) is 0 Å². The van der Waals surface area contributed by atoms with E-state index in [0.717, 1.165) is 0 Å². The maximum absolute atomic E-state index is 11.3. The van der Waals surface area contributed by atoms with E-state index in [4.69, 9.17) is 23.2 Å². The quantitative estimate of drug-likeness (QED) is 0.679. The molecule has 0 amide bonds. The van der Waals surface area contributed by atoms with E-state index in [9.17, 15) is 13.0 Å². The monoisotopic (exact) mass is 322 g/mol. The SMILES string of the molecule is CC1(C)C(CCc2ccccc2S(=O)(=O)O)C1(Cl)Cl. The lowest BCUT2D eigenvalue weighted by Gasteiger charge is -2.07. The Balaban J connectivity index is 2.15. The van der Waals surface area contributed by atoms with E-state index >= 15 is 0 Å². The molecule has 3 nitrogen and oxygen atoms in total. The Labute approximate surface area is 123 Å². The molecule has 0 spiro atoms. The normalized spacial score (nSPS) is 24.2. The number of alkyl halides is 2. The molecule has 1 N–H and O–H groups in total. The van der Waals surface area contributed by atoms with E-state index in [1.807, 2.05) is 13.8 Å². The average Bonchev–Trinajstić information content (AvgIpc) is 2.66. The fourth-order valence-electron chi connectivity index (χ4n) is 2.56. The van der Waals surface area contributed by atoms with E-state index in [2.05, 4.69) is 0 Å². The van der Waals surface area contributed by atoms with E-state index < -0.39 is 14.5 Å². The maximum atomic E-state index is 11.3. The third-order valence-corrected chi connectivity index (χ3v) is 6.49. The van der Waals surface area contributed by atoms with Crippen molar-refractivity contribution in [1.29, 1.82) is 0 Å². The van der Waals surface area contributed by atoms with Gasteiger partial charge in [0, 0.05) is 11.3 Å². The molecule has 0 saturated heterocycles. The smallest absolute Gasteiger partial charge is 0.282 e. The lowest BCUT2D eigenvalue weighted by atomic mass is 10.0.